The summed E-state index contributed by atoms with van der Waals surface area (Å²) in [5.41, 5.74) is 1.78. The smallest absolute Gasteiger partial charge is 0.251 e. The molecule has 98 valence electrons. The molecule has 18 heavy (non-hydrogen) atoms. The summed E-state index contributed by atoms with van der Waals surface area (Å²) in [6.45, 7) is 5.58. The molecule has 1 heterocycles. The third-order valence-corrected chi connectivity index (χ3v) is 3.79. The molecule has 1 N–H and O–H groups in total. The first-order chi connectivity index (χ1) is 8.56. The number of rotatable bonds is 3. The summed E-state index contributed by atoms with van der Waals surface area (Å²) in [6.07, 6.45) is 1.03. The number of hydrogen-bond donors (Lipinski definition) is 1. The lowest BCUT2D eigenvalue weighted by Gasteiger charge is -2.19. The van der Waals surface area contributed by atoms with Gasteiger partial charge in [0, 0.05) is 28.6 Å². The summed E-state index contributed by atoms with van der Waals surface area (Å²) in [6, 6.07) is 5.89. The minimum absolute atomic E-state index is 0.0150. The van der Waals surface area contributed by atoms with E-state index in [0.717, 1.165) is 29.7 Å². The number of nitrogens with one attached hydrogen (secondary N) is 1. The molecule has 1 aliphatic rings. The van der Waals surface area contributed by atoms with Crippen LogP contribution in [0.5, 0.6) is 0 Å². The summed E-state index contributed by atoms with van der Waals surface area (Å²) in [7, 11) is 0. The number of hydrogen-bond acceptors (Lipinski definition) is 2. The van der Waals surface area contributed by atoms with Crippen LogP contribution in [0, 0.1) is 12.8 Å². The summed E-state index contributed by atoms with van der Waals surface area (Å²) in [5.74, 6) is 0.418. The predicted octanol–water partition coefficient (Wildman–Crippen LogP) is 2.91. The maximum atomic E-state index is 12.1. The molecule has 0 radical (unpaired) electrons. The first-order valence-electron chi connectivity index (χ1n) is 6.22. The zero-order valence-corrected chi connectivity index (χ0v) is 12.3. The lowest BCUT2D eigenvalue weighted by Crippen LogP contribution is -2.38. The van der Waals surface area contributed by atoms with E-state index in [1.165, 1.54) is 0 Å². The zero-order chi connectivity index (χ0) is 13.1. The van der Waals surface area contributed by atoms with Gasteiger partial charge in [0.1, 0.15) is 0 Å². The highest BCUT2D eigenvalue weighted by Gasteiger charge is 2.23. The van der Waals surface area contributed by atoms with E-state index in [9.17, 15) is 4.79 Å². The Hall–Kier alpha value is -0.870. The molecule has 4 heteroatoms. The van der Waals surface area contributed by atoms with Crippen LogP contribution < -0.4 is 5.32 Å². The molecule has 1 saturated heterocycles. The summed E-state index contributed by atoms with van der Waals surface area (Å²) in [5, 5.41) is 3.05. The van der Waals surface area contributed by atoms with Gasteiger partial charge in [-0.2, -0.15) is 0 Å². The summed E-state index contributed by atoms with van der Waals surface area (Å²) >= 11 is 3.41. The van der Waals surface area contributed by atoms with E-state index in [0.29, 0.717) is 11.5 Å². The third kappa shape index (κ3) is 3.33. The minimum Gasteiger partial charge on any atom is -0.381 e. The van der Waals surface area contributed by atoms with E-state index in [1.807, 2.05) is 32.0 Å². The van der Waals surface area contributed by atoms with Crippen molar-refractivity contribution in [2.24, 2.45) is 5.92 Å². The van der Waals surface area contributed by atoms with Gasteiger partial charge >= 0.3 is 0 Å². The van der Waals surface area contributed by atoms with Crippen LogP contribution in [0.2, 0.25) is 0 Å². The summed E-state index contributed by atoms with van der Waals surface area (Å²) < 4.78 is 6.28. The minimum atomic E-state index is -0.0150. The van der Waals surface area contributed by atoms with Crippen molar-refractivity contribution in [2.75, 3.05) is 13.2 Å². The Morgan fingerprint density at radius 3 is 2.89 bits per heavy atom. The Labute approximate surface area is 116 Å². The van der Waals surface area contributed by atoms with Gasteiger partial charge in [-0.15, -0.1) is 0 Å². The second kappa shape index (κ2) is 5.85. The van der Waals surface area contributed by atoms with Crippen molar-refractivity contribution in [3.63, 3.8) is 0 Å². The van der Waals surface area contributed by atoms with Gasteiger partial charge < -0.3 is 10.1 Å². The normalized spacial score (nSPS) is 20.7. The quantitative estimate of drug-likeness (QED) is 0.932. The van der Waals surface area contributed by atoms with E-state index < -0.39 is 0 Å². The SMILES string of the molecule is Cc1cc(Br)cc(C(=O)N[C@H](C)[C@H]2CCOC2)c1. The number of carbonyl (C=O) groups excluding carboxylic acids is 1. The van der Waals surface area contributed by atoms with Crippen LogP contribution in [0.25, 0.3) is 0 Å². The van der Waals surface area contributed by atoms with Gasteiger partial charge in [-0.25, -0.2) is 0 Å². The van der Waals surface area contributed by atoms with Crippen molar-refractivity contribution >= 4 is 21.8 Å². The maximum absolute atomic E-state index is 12.1. The van der Waals surface area contributed by atoms with Crippen molar-refractivity contribution in [3.05, 3.63) is 33.8 Å². The van der Waals surface area contributed by atoms with Crippen LogP contribution in [0.3, 0.4) is 0 Å². The fraction of sp³-hybridized carbons (Fsp3) is 0.500. The van der Waals surface area contributed by atoms with Crippen molar-refractivity contribution in [3.8, 4) is 0 Å². The molecule has 2 rings (SSSR count). The number of carbonyl (C=O) groups is 1. The highest BCUT2D eigenvalue weighted by molar-refractivity contribution is 9.10. The fourth-order valence-corrected chi connectivity index (χ4v) is 2.83. The first-order valence-corrected chi connectivity index (χ1v) is 7.01. The molecule has 0 unspecified atom stereocenters. The van der Waals surface area contributed by atoms with Crippen LogP contribution in [0.15, 0.2) is 22.7 Å². The highest BCUT2D eigenvalue weighted by atomic mass is 79.9. The Kier molecular flexibility index (Phi) is 4.40. The average Bonchev–Trinajstić information content (AvgIpc) is 2.80. The van der Waals surface area contributed by atoms with Crippen molar-refractivity contribution in [1.82, 2.24) is 5.32 Å². The van der Waals surface area contributed by atoms with Crippen LogP contribution in [-0.2, 0) is 4.74 Å². The monoisotopic (exact) mass is 311 g/mol. The number of amides is 1. The Bertz CT molecular complexity index is 421. The Balaban J connectivity index is 2.02. The van der Waals surface area contributed by atoms with E-state index in [1.54, 1.807) is 0 Å². The molecule has 0 bridgehead atoms. The standard InChI is InChI=1S/C14H18BrNO2/c1-9-5-12(7-13(15)6-9)14(17)16-10(2)11-3-4-18-8-11/h5-7,10-11H,3-4,8H2,1-2H3,(H,16,17)/t10-,11+/m1/s1. The molecule has 1 aromatic rings. The van der Waals surface area contributed by atoms with Gasteiger partial charge in [0.05, 0.1) is 6.61 Å². The molecule has 1 aliphatic heterocycles. The van der Waals surface area contributed by atoms with E-state index in [4.69, 9.17) is 4.74 Å². The Morgan fingerprint density at radius 2 is 2.28 bits per heavy atom. The van der Waals surface area contributed by atoms with E-state index in [-0.39, 0.29) is 11.9 Å². The molecule has 0 spiro atoms. The maximum Gasteiger partial charge on any atom is 0.251 e. The molecular formula is C14H18BrNO2. The van der Waals surface area contributed by atoms with Gasteiger partial charge in [-0.1, -0.05) is 15.9 Å². The molecule has 1 fully saturated rings. The highest BCUT2D eigenvalue weighted by Crippen LogP contribution is 2.18. The number of halogens is 1. The molecule has 0 aromatic heterocycles. The lowest BCUT2D eigenvalue weighted by atomic mass is 10.0. The first kappa shape index (κ1) is 13.6. The van der Waals surface area contributed by atoms with Gasteiger partial charge in [-0.05, 0) is 44.0 Å². The van der Waals surface area contributed by atoms with Crippen molar-refractivity contribution in [1.29, 1.82) is 0 Å². The fourth-order valence-electron chi connectivity index (χ4n) is 2.22. The van der Waals surface area contributed by atoms with Crippen LogP contribution in [0.1, 0.15) is 29.3 Å². The average molecular weight is 312 g/mol. The zero-order valence-electron chi connectivity index (χ0n) is 10.7. The largest absolute Gasteiger partial charge is 0.381 e. The Morgan fingerprint density at radius 1 is 1.50 bits per heavy atom. The number of aryl methyl sites for hydroxylation is 1. The molecule has 1 amide bonds. The summed E-state index contributed by atoms with van der Waals surface area (Å²) in [4.78, 5) is 12.1. The predicted molar refractivity (Wildman–Crippen MR) is 74.7 cm³/mol. The van der Waals surface area contributed by atoms with Crippen LogP contribution in [0.4, 0.5) is 0 Å². The molecular weight excluding hydrogens is 294 g/mol. The van der Waals surface area contributed by atoms with Crippen LogP contribution >= 0.6 is 15.9 Å². The second-order valence-electron chi connectivity index (χ2n) is 4.90. The van der Waals surface area contributed by atoms with Gasteiger partial charge in [-0.3, -0.25) is 4.79 Å². The third-order valence-electron chi connectivity index (χ3n) is 3.34. The van der Waals surface area contributed by atoms with Gasteiger partial charge in [0.2, 0.25) is 0 Å². The van der Waals surface area contributed by atoms with Gasteiger partial charge in [0.25, 0.3) is 5.91 Å². The van der Waals surface area contributed by atoms with E-state index >= 15 is 0 Å². The topological polar surface area (TPSA) is 38.3 Å². The van der Waals surface area contributed by atoms with Crippen molar-refractivity contribution < 1.29 is 9.53 Å². The molecule has 1 aromatic carbocycles. The van der Waals surface area contributed by atoms with Crippen molar-refractivity contribution in [2.45, 2.75) is 26.3 Å². The van der Waals surface area contributed by atoms with E-state index in [2.05, 4.69) is 21.2 Å². The molecule has 2 atom stereocenters. The van der Waals surface area contributed by atoms with Crippen LogP contribution in [-0.4, -0.2) is 25.2 Å². The lowest BCUT2D eigenvalue weighted by molar-refractivity contribution is 0.0922. The second-order valence-corrected chi connectivity index (χ2v) is 5.82. The molecule has 3 nitrogen and oxygen atoms in total. The van der Waals surface area contributed by atoms with Gasteiger partial charge in [0.15, 0.2) is 0 Å². The number of benzene rings is 1. The number of ether oxygens (including phenoxy) is 1. The molecule has 0 aliphatic carbocycles. The molecule has 0 saturated carbocycles.